The number of amides is 2. The van der Waals surface area contributed by atoms with E-state index in [0.29, 0.717) is 23.6 Å². The number of carbonyl (C=O) groups is 2. The van der Waals surface area contributed by atoms with Gasteiger partial charge in [-0.05, 0) is 36.1 Å². The summed E-state index contributed by atoms with van der Waals surface area (Å²) in [6.07, 6.45) is 5.19. The highest BCUT2D eigenvalue weighted by atomic mass is 32.2. The van der Waals surface area contributed by atoms with Gasteiger partial charge in [-0.25, -0.2) is 4.68 Å². The Labute approximate surface area is 219 Å². The largest absolute Gasteiger partial charge is 0.493 e. The van der Waals surface area contributed by atoms with Gasteiger partial charge in [-0.2, -0.15) is 0 Å². The van der Waals surface area contributed by atoms with Crippen LogP contribution in [-0.2, 0) is 6.54 Å². The molecule has 2 aromatic carbocycles. The lowest BCUT2D eigenvalue weighted by atomic mass is 10.1. The van der Waals surface area contributed by atoms with Gasteiger partial charge in [0.1, 0.15) is 0 Å². The number of aromatic nitrogens is 3. The van der Waals surface area contributed by atoms with E-state index in [1.807, 2.05) is 30.5 Å². The van der Waals surface area contributed by atoms with E-state index in [1.165, 1.54) is 32.2 Å². The summed E-state index contributed by atoms with van der Waals surface area (Å²) in [5, 5.41) is 13.7. The molecule has 1 aromatic heterocycles. The van der Waals surface area contributed by atoms with Crippen LogP contribution in [0.5, 0.6) is 17.2 Å². The molecule has 1 atom stereocenters. The molecule has 37 heavy (non-hydrogen) atoms. The molecule has 1 unspecified atom stereocenters. The third-order valence-electron chi connectivity index (χ3n) is 5.41. The highest BCUT2D eigenvalue weighted by Gasteiger charge is 2.21. The van der Waals surface area contributed by atoms with E-state index in [-0.39, 0.29) is 29.8 Å². The van der Waals surface area contributed by atoms with Crippen LogP contribution < -0.4 is 24.8 Å². The molecule has 11 nitrogen and oxygen atoms in total. The number of carbonyl (C=O) groups excluding carboxylic acids is 2. The van der Waals surface area contributed by atoms with Crippen molar-refractivity contribution >= 4 is 29.8 Å². The van der Waals surface area contributed by atoms with Crippen LogP contribution in [0.1, 0.15) is 32.5 Å². The van der Waals surface area contributed by atoms with Crippen LogP contribution in [0.3, 0.4) is 0 Å². The summed E-state index contributed by atoms with van der Waals surface area (Å²) in [7, 11) is 6.08. The van der Waals surface area contributed by atoms with Gasteiger partial charge in [-0.3, -0.25) is 14.6 Å². The number of rotatable bonds is 12. The highest BCUT2D eigenvalue weighted by Crippen LogP contribution is 2.39. The molecule has 0 aliphatic heterocycles. The van der Waals surface area contributed by atoms with Crippen molar-refractivity contribution in [3.63, 3.8) is 0 Å². The maximum absolute atomic E-state index is 12.8. The second-order valence-corrected chi connectivity index (χ2v) is 8.52. The summed E-state index contributed by atoms with van der Waals surface area (Å²) in [6, 6.07) is 10.7. The number of methoxy groups -OCH3 is 3. The normalized spacial score (nSPS) is 11.7. The first kappa shape index (κ1) is 27.5. The Morgan fingerprint density at radius 2 is 1.78 bits per heavy atom. The fourth-order valence-corrected chi connectivity index (χ4v) is 3.96. The van der Waals surface area contributed by atoms with Gasteiger partial charge < -0.3 is 24.8 Å². The summed E-state index contributed by atoms with van der Waals surface area (Å²) in [5.41, 5.74) is 1.36. The van der Waals surface area contributed by atoms with E-state index < -0.39 is 6.04 Å². The summed E-state index contributed by atoms with van der Waals surface area (Å²) in [6.45, 7) is 0.547. The molecule has 0 saturated heterocycles. The van der Waals surface area contributed by atoms with E-state index in [1.54, 1.807) is 37.2 Å². The van der Waals surface area contributed by atoms with Crippen LogP contribution in [0.4, 0.5) is 0 Å². The van der Waals surface area contributed by atoms with Crippen molar-refractivity contribution < 1.29 is 23.8 Å². The van der Waals surface area contributed by atoms with E-state index in [2.05, 4.69) is 25.9 Å². The fraction of sp³-hybridized carbons (Fsp3) is 0.320. The number of nitrogens with one attached hydrogen (secondary N) is 2. The number of ether oxygens (including phenoxy) is 3. The van der Waals surface area contributed by atoms with Gasteiger partial charge in [0.15, 0.2) is 17.2 Å². The van der Waals surface area contributed by atoms with Gasteiger partial charge in [0.05, 0.1) is 45.7 Å². The first-order valence-electron chi connectivity index (χ1n) is 11.3. The maximum Gasteiger partial charge on any atom is 0.274 e. The molecule has 2 N–H and O–H groups in total. The minimum absolute atomic E-state index is 0.156. The lowest BCUT2D eigenvalue weighted by molar-refractivity contribution is 0.0935. The third kappa shape index (κ3) is 6.79. The van der Waals surface area contributed by atoms with Crippen LogP contribution in [0, 0.1) is 0 Å². The van der Waals surface area contributed by atoms with Crippen molar-refractivity contribution in [1.29, 1.82) is 0 Å². The number of nitrogens with zero attached hydrogens (tertiary/aromatic N) is 4. The molecular formula is C25H30N6O5S. The smallest absolute Gasteiger partial charge is 0.274 e. The van der Waals surface area contributed by atoms with Crippen LogP contribution in [0.2, 0.25) is 0 Å². The first-order valence-corrected chi connectivity index (χ1v) is 12.5. The monoisotopic (exact) mass is 526 g/mol. The molecule has 0 radical (unpaired) electrons. The molecule has 0 aliphatic carbocycles. The van der Waals surface area contributed by atoms with Crippen molar-refractivity contribution in [3.8, 4) is 17.2 Å². The summed E-state index contributed by atoms with van der Waals surface area (Å²) >= 11 is 1.64. The number of aliphatic imine (C=N–C) groups is 1. The minimum Gasteiger partial charge on any atom is -0.493 e. The SMILES string of the molecule is CN=CC(NC(=O)c1cn(CCNC(=O)c2ccc(OC)c(OC)c2OC)nn1)c1ccc(SC)cc1. The van der Waals surface area contributed by atoms with Crippen molar-refractivity contribution in [2.24, 2.45) is 4.99 Å². The molecule has 2 amide bonds. The predicted molar refractivity (Wildman–Crippen MR) is 141 cm³/mol. The van der Waals surface area contributed by atoms with Crippen molar-refractivity contribution in [2.75, 3.05) is 41.2 Å². The molecule has 3 rings (SSSR count). The molecule has 1 heterocycles. The number of hydrogen-bond donors (Lipinski definition) is 2. The third-order valence-corrected chi connectivity index (χ3v) is 6.15. The van der Waals surface area contributed by atoms with E-state index >= 15 is 0 Å². The predicted octanol–water partition coefficient (Wildman–Crippen LogP) is 2.63. The molecule has 196 valence electrons. The maximum atomic E-state index is 12.8. The van der Waals surface area contributed by atoms with Gasteiger partial charge in [0.25, 0.3) is 11.8 Å². The lowest BCUT2D eigenvalue weighted by Gasteiger charge is -2.15. The molecule has 0 spiro atoms. The molecule has 3 aromatic rings. The van der Waals surface area contributed by atoms with Gasteiger partial charge in [0.2, 0.25) is 5.75 Å². The number of thioether (sulfide) groups is 1. The fourth-order valence-electron chi connectivity index (χ4n) is 3.55. The summed E-state index contributed by atoms with van der Waals surface area (Å²) in [4.78, 5) is 30.7. The van der Waals surface area contributed by atoms with Gasteiger partial charge in [-0.1, -0.05) is 17.3 Å². The van der Waals surface area contributed by atoms with Gasteiger partial charge in [0, 0.05) is 24.7 Å². The topological polar surface area (TPSA) is 129 Å². The highest BCUT2D eigenvalue weighted by molar-refractivity contribution is 7.98. The van der Waals surface area contributed by atoms with Crippen LogP contribution in [0.15, 0.2) is 52.5 Å². The minimum atomic E-state index is -0.408. The Balaban J connectivity index is 1.60. The zero-order chi connectivity index (χ0) is 26.8. The Bertz CT molecular complexity index is 1240. The zero-order valence-corrected chi connectivity index (χ0v) is 22.2. The lowest BCUT2D eigenvalue weighted by Crippen LogP contribution is -2.30. The second kappa shape index (κ2) is 13.3. The summed E-state index contributed by atoms with van der Waals surface area (Å²) < 4.78 is 17.4. The zero-order valence-electron chi connectivity index (χ0n) is 21.3. The number of hydrogen-bond acceptors (Lipinski definition) is 9. The quantitative estimate of drug-likeness (QED) is 0.272. The molecule has 12 heteroatoms. The first-order chi connectivity index (χ1) is 17.9. The molecule has 0 aliphatic rings. The van der Waals surface area contributed by atoms with Crippen molar-refractivity contribution in [3.05, 3.63) is 59.4 Å². The Morgan fingerprint density at radius 1 is 1.05 bits per heavy atom. The Kier molecular flexibility index (Phi) is 9.90. The average molecular weight is 527 g/mol. The standard InChI is InChI=1S/C25H30N6O5S/c1-26-14-19(16-6-8-17(37-5)9-7-16)28-25(33)20-15-31(30-29-20)13-12-27-24(32)18-10-11-21(34-2)23(36-4)22(18)35-3/h6-11,14-15,19H,12-13H2,1-5H3,(H,27,32)(H,28,33). The Morgan fingerprint density at radius 3 is 2.41 bits per heavy atom. The van der Waals surface area contributed by atoms with E-state index in [4.69, 9.17) is 14.2 Å². The Hall–Kier alpha value is -4.06. The molecular weight excluding hydrogens is 496 g/mol. The number of benzene rings is 2. The van der Waals surface area contributed by atoms with E-state index in [0.717, 1.165) is 10.5 Å². The molecule has 0 saturated carbocycles. The second-order valence-electron chi connectivity index (χ2n) is 7.64. The van der Waals surface area contributed by atoms with E-state index in [9.17, 15) is 9.59 Å². The van der Waals surface area contributed by atoms with Crippen LogP contribution in [0.25, 0.3) is 0 Å². The van der Waals surface area contributed by atoms with Crippen molar-refractivity contribution in [1.82, 2.24) is 25.6 Å². The molecule has 0 bridgehead atoms. The average Bonchev–Trinajstić information content (AvgIpc) is 3.40. The van der Waals surface area contributed by atoms with Gasteiger partial charge >= 0.3 is 0 Å². The van der Waals surface area contributed by atoms with Crippen molar-refractivity contribution in [2.45, 2.75) is 17.5 Å². The summed E-state index contributed by atoms with van der Waals surface area (Å²) in [5.74, 6) is 0.312. The molecule has 0 fully saturated rings. The van der Waals surface area contributed by atoms with Crippen LogP contribution in [-0.4, -0.2) is 74.2 Å². The van der Waals surface area contributed by atoms with Gasteiger partial charge in [-0.15, -0.1) is 16.9 Å². The van der Waals surface area contributed by atoms with Crippen LogP contribution >= 0.6 is 11.8 Å².